The Morgan fingerprint density at radius 1 is 1.14 bits per heavy atom. The highest BCUT2D eigenvalue weighted by Gasteiger charge is 2.22. The molecular formula is C21H22ClN3O4. The fourth-order valence-corrected chi connectivity index (χ4v) is 3.34. The monoisotopic (exact) mass is 415 g/mol. The molecule has 7 nitrogen and oxygen atoms in total. The molecule has 1 saturated heterocycles. The highest BCUT2D eigenvalue weighted by atomic mass is 35.5. The summed E-state index contributed by atoms with van der Waals surface area (Å²) < 4.78 is 0. The Morgan fingerprint density at radius 3 is 2.66 bits per heavy atom. The van der Waals surface area contributed by atoms with Crippen molar-refractivity contribution in [2.45, 2.75) is 25.4 Å². The fourth-order valence-electron chi connectivity index (χ4n) is 3.14. The van der Waals surface area contributed by atoms with Crippen LogP contribution in [-0.4, -0.2) is 35.9 Å². The van der Waals surface area contributed by atoms with Gasteiger partial charge in [-0.3, -0.25) is 14.4 Å². The summed E-state index contributed by atoms with van der Waals surface area (Å²) >= 11 is 5.90. The molecule has 3 rings (SSSR count). The normalized spacial score (nSPS) is 14.6. The van der Waals surface area contributed by atoms with E-state index in [0.29, 0.717) is 34.9 Å². The third kappa shape index (κ3) is 5.56. The largest absolute Gasteiger partial charge is 0.388 e. The first-order valence-corrected chi connectivity index (χ1v) is 9.75. The zero-order valence-electron chi connectivity index (χ0n) is 15.7. The predicted octanol–water partition coefficient (Wildman–Crippen LogP) is 2.65. The topological polar surface area (TPSA) is 98.7 Å². The van der Waals surface area contributed by atoms with Crippen LogP contribution >= 0.6 is 11.6 Å². The van der Waals surface area contributed by atoms with Gasteiger partial charge in [0.25, 0.3) is 0 Å². The molecule has 0 saturated carbocycles. The number of aliphatic hydroxyl groups excluding tert-OH is 1. The van der Waals surface area contributed by atoms with Gasteiger partial charge in [-0.05, 0) is 48.7 Å². The van der Waals surface area contributed by atoms with E-state index in [-0.39, 0.29) is 18.9 Å². The number of benzene rings is 2. The molecule has 0 aliphatic carbocycles. The Morgan fingerprint density at radius 2 is 1.93 bits per heavy atom. The van der Waals surface area contributed by atoms with E-state index in [1.54, 1.807) is 53.4 Å². The molecule has 8 heteroatoms. The highest BCUT2D eigenvalue weighted by Crippen LogP contribution is 2.24. The van der Waals surface area contributed by atoms with E-state index in [4.69, 9.17) is 11.6 Å². The van der Waals surface area contributed by atoms with Gasteiger partial charge >= 0.3 is 11.8 Å². The van der Waals surface area contributed by atoms with Gasteiger partial charge in [-0.25, -0.2) is 0 Å². The van der Waals surface area contributed by atoms with Crippen molar-refractivity contribution in [1.82, 2.24) is 5.32 Å². The third-order valence-electron chi connectivity index (χ3n) is 4.63. The highest BCUT2D eigenvalue weighted by molar-refractivity contribution is 6.39. The molecule has 2 aromatic rings. The van der Waals surface area contributed by atoms with E-state index in [9.17, 15) is 19.5 Å². The number of nitrogens with zero attached hydrogens (tertiary/aromatic N) is 1. The van der Waals surface area contributed by atoms with Crippen LogP contribution in [0.4, 0.5) is 11.4 Å². The van der Waals surface area contributed by atoms with Gasteiger partial charge in [0.15, 0.2) is 0 Å². The van der Waals surface area contributed by atoms with Gasteiger partial charge in [-0.15, -0.1) is 0 Å². The molecule has 1 unspecified atom stereocenters. The van der Waals surface area contributed by atoms with E-state index >= 15 is 0 Å². The Bertz CT molecular complexity index is 918. The SMILES string of the molecule is O=C(NCCC(O)c1cccc(Cl)c1)C(=O)Nc1cccc(N2CCCC2=O)c1. The lowest BCUT2D eigenvalue weighted by Crippen LogP contribution is -2.36. The van der Waals surface area contributed by atoms with E-state index in [0.717, 1.165) is 6.42 Å². The van der Waals surface area contributed by atoms with Crippen molar-refractivity contribution in [3.05, 3.63) is 59.1 Å². The Balaban J connectivity index is 1.49. The zero-order chi connectivity index (χ0) is 20.8. The number of amides is 3. The number of carbonyl (C=O) groups excluding carboxylic acids is 3. The molecule has 1 aliphatic rings. The molecule has 1 heterocycles. The second-order valence-electron chi connectivity index (χ2n) is 6.77. The van der Waals surface area contributed by atoms with Crippen LogP contribution in [-0.2, 0) is 14.4 Å². The molecule has 0 aromatic heterocycles. The van der Waals surface area contributed by atoms with E-state index < -0.39 is 17.9 Å². The standard InChI is InChI=1S/C21H22ClN3O4/c22-15-5-1-4-14(12-15)18(26)9-10-23-20(28)21(29)24-16-6-2-7-17(13-16)25-11-3-8-19(25)27/h1-2,4-7,12-13,18,26H,3,8-11H2,(H,23,28)(H,24,29). The first-order chi connectivity index (χ1) is 13.9. The number of aliphatic hydroxyl groups is 1. The van der Waals surface area contributed by atoms with Crippen LogP contribution in [0.25, 0.3) is 0 Å². The first-order valence-electron chi connectivity index (χ1n) is 9.37. The van der Waals surface area contributed by atoms with Crippen LogP contribution in [0.1, 0.15) is 30.9 Å². The van der Waals surface area contributed by atoms with Crippen molar-refractivity contribution in [1.29, 1.82) is 0 Å². The summed E-state index contributed by atoms with van der Waals surface area (Å²) in [5.41, 5.74) is 1.76. The number of halogens is 1. The van der Waals surface area contributed by atoms with Gasteiger partial charge in [0, 0.05) is 35.9 Å². The van der Waals surface area contributed by atoms with Gasteiger partial charge in [0.05, 0.1) is 6.10 Å². The Hall–Kier alpha value is -2.90. The van der Waals surface area contributed by atoms with Gasteiger partial charge in [0.2, 0.25) is 5.91 Å². The van der Waals surface area contributed by atoms with E-state index in [1.807, 2.05) is 0 Å². The molecule has 0 bridgehead atoms. The summed E-state index contributed by atoms with van der Waals surface area (Å²) in [6, 6.07) is 13.7. The van der Waals surface area contributed by atoms with Crippen LogP contribution in [0.2, 0.25) is 5.02 Å². The van der Waals surface area contributed by atoms with E-state index in [2.05, 4.69) is 10.6 Å². The van der Waals surface area contributed by atoms with Gasteiger partial charge in [-0.1, -0.05) is 29.8 Å². The summed E-state index contributed by atoms with van der Waals surface area (Å²) in [7, 11) is 0. The van der Waals surface area contributed by atoms with Crippen LogP contribution < -0.4 is 15.5 Å². The number of anilines is 2. The molecule has 3 N–H and O–H groups in total. The Kier molecular flexibility index (Phi) is 6.85. The molecule has 1 atom stereocenters. The second-order valence-corrected chi connectivity index (χ2v) is 7.21. The maximum atomic E-state index is 12.1. The van der Waals surface area contributed by atoms with Gasteiger partial charge < -0.3 is 20.6 Å². The molecule has 2 aromatic carbocycles. The molecule has 1 fully saturated rings. The lowest BCUT2D eigenvalue weighted by molar-refractivity contribution is -0.136. The summed E-state index contributed by atoms with van der Waals surface area (Å²) in [5, 5.41) is 15.7. The number of hydrogen-bond donors (Lipinski definition) is 3. The van der Waals surface area contributed by atoms with Gasteiger partial charge in [0.1, 0.15) is 0 Å². The minimum atomic E-state index is -0.813. The molecular weight excluding hydrogens is 394 g/mol. The first kappa shape index (κ1) is 20.8. The number of nitrogens with one attached hydrogen (secondary N) is 2. The van der Waals surface area contributed by atoms with Crippen molar-refractivity contribution in [3.63, 3.8) is 0 Å². The van der Waals surface area contributed by atoms with Gasteiger partial charge in [-0.2, -0.15) is 0 Å². The molecule has 152 valence electrons. The summed E-state index contributed by atoms with van der Waals surface area (Å²) in [4.78, 5) is 37.7. The predicted molar refractivity (Wildman–Crippen MR) is 111 cm³/mol. The van der Waals surface area contributed by atoms with Crippen molar-refractivity contribution in [3.8, 4) is 0 Å². The third-order valence-corrected chi connectivity index (χ3v) is 4.87. The van der Waals surface area contributed by atoms with Crippen molar-refractivity contribution < 1.29 is 19.5 Å². The summed E-state index contributed by atoms with van der Waals surface area (Å²) in [6.07, 6.45) is 0.761. The minimum absolute atomic E-state index is 0.0458. The number of rotatable bonds is 6. The zero-order valence-corrected chi connectivity index (χ0v) is 16.5. The lowest BCUT2D eigenvalue weighted by atomic mass is 10.1. The van der Waals surface area contributed by atoms with Crippen LogP contribution in [0.5, 0.6) is 0 Å². The van der Waals surface area contributed by atoms with Crippen molar-refractivity contribution in [2.24, 2.45) is 0 Å². The second kappa shape index (κ2) is 9.54. The maximum Gasteiger partial charge on any atom is 0.313 e. The average Bonchev–Trinajstić information content (AvgIpc) is 3.14. The number of carbonyl (C=O) groups is 3. The molecule has 1 aliphatic heterocycles. The molecule has 0 spiro atoms. The summed E-state index contributed by atoms with van der Waals surface area (Å²) in [5.74, 6) is -1.57. The molecule has 0 radical (unpaired) electrons. The van der Waals surface area contributed by atoms with Crippen molar-refractivity contribution in [2.75, 3.05) is 23.3 Å². The average molecular weight is 416 g/mol. The lowest BCUT2D eigenvalue weighted by Gasteiger charge is -2.16. The fraction of sp³-hybridized carbons (Fsp3) is 0.286. The smallest absolute Gasteiger partial charge is 0.313 e. The van der Waals surface area contributed by atoms with Crippen LogP contribution in [0.15, 0.2) is 48.5 Å². The maximum absolute atomic E-state index is 12.1. The minimum Gasteiger partial charge on any atom is -0.388 e. The Labute approximate surface area is 173 Å². The summed E-state index contributed by atoms with van der Waals surface area (Å²) in [6.45, 7) is 0.772. The van der Waals surface area contributed by atoms with Crippen LogP contribution in [0.3, 0.4) is 0 Å². The van der Waals surface area contributed by atoms with Crippen molar-refractivity contribution >= 4 is 40.7 Å². The molecule has 3 amide bonds. The number of hydrogen-bond acceptors (Lipinski definition) is 4. The molecule has 29 heavy (non-hydrogen) atoms. The van der Waals surface area contributed by atoms with E-state index in [1.165, 1.54) is 0 Å². The van der Waals surface area contributed by atoms with Crippen LogP contribution in [0, 0.1) is 0 Å². The quantitative estimate of drug-likeness (QED) is 0.631.